The molecule has 0 radical (unpaired) electrons. The topological polar surface area (TPSA) is 97.4 Å². The van der Waals surface area contributed by atoms with E-state index in [4.69, 9.17) is 11.2 Å². The number of benzene rings is 1. The summed E-state index contributed by atoms with van der Waals surface area (Å²) in [6.45, 7) is 1.60. The Morgan fingerprint density at radius 3 is 2.70 bits per heavy atom. The van der Waals surface area contributed by atoms with Crippen LogP contribution in [0.1, 0.15) is 16.8 Å². The predicted octanol–water partition coefficient (Wildman–Crippen LogP) is 1.58. The number of rotatable bonds is 7. The summed E-state index contributed by atoms with van der Waals surface area (Å²) in [4.78, 5) is 15.9. The zero-order chi connectivity index (χ0) is 20.0. The van der Waals surface area contributed by atoms with Gasteiger partial charge in [0.25, 0.3) is 5.91 Å². The van der Waals surface area contributed by atoms with Crippen molar-refractivity contribution in [3.8, 4) is 18.1 Å². The minimum atomic E-state index is -3.68. The van der Waals surface area contributed by atoms with E-state index in [1.54, 1.807) is 12.1 Å². The van der Waals surface area contributed by atoms with Gasteiger partial charge in [-0.1, -0.05) is 5.92 Å². The average molecular weight is 391 g/mol. The first-order chi connectivity index (χ1) is 12.7. The molecule has 0 aliphatic carbocycles. The van der Waals surface area contributed by atoms with Crippen molar-refractivity contribution in [2.45, 2.75) is 13.5 Å². The van der Waals surface area contributed by atoms with Crippen LogP contribution in [0.3, 0.4) is 0 Å². The van der Waals surface area contributed by atoms with Gasteiger partial charge in [-0.3, -0.25) is 14.5 Å². The van der Waals surface area contributed by atoms with Crippen LogP contribution in [0.5, 0.6) is 5.75 Å². The molecule has 2 N–H and O–H groups in total. The first kappa shape index (κ1) is 20.2. The number of anilines is 1. The second-order valence-electron chi connectivity index (χ2n) is 5.72. The molecular weight excluding hydrogens is 373 g/mol. The van der Waals surface area contributed by atoms with Gasteiger partial charge in [-0.05, 0) is 36.8 Å². The Hall–Kier alpha value is -3.12. The first-order valence-electron chi connectivity index (χ1n) is 7.77. The summed E-state index contributed by atoms with van der Waals surface area (Å²) in [5, 5.41) is 2.57. The number of sulfonamides is 1. The highest BCUT2D eigenvalue weighted by Gasteiger charge is 2.14. The number of halogens is 1. The van der Waals surface area contributed by atoms with Crippen LogP contribution in [0.25, 0.3) is 0 Å². The third kappa shape index (κ3) is 6.27. The smallest absolute Gasteiger partial charge is 0.258 e. The van der Waals surface area contributed by atoms with Crippen molar-refractivity contribution >= 4 is 21.6 Å². The fraction of sp³-hybridized carbons (Fsp3) is 0.222. The van der Waals surface area contributed by atoms with E-state index in [0.717, 1.165) is 18.0 Å². The maximum absolute atomic E-state index is 14.2. The van der Waals surface area contributed by atoms with E-state index in [-0.39, 0.29) is 24.4 Å². The molecule has 0 aliphatic heterocycles. The molecule has 0 bridgehead atoms. The molecule has 0 spiro atoms. The number of ether oxygens (including phenoxy) is 1. The maximum Gasteiger partial charge on any atom is 0.258 e. The number of hydrogen-bond acceptors (Lipinski definition) is 5. The van der Waals surface area contributed by atoms with Crippen LogP contribution in [0.4, 0.5) is 10.1 Å². The molecule has 7 nitrogen and oxygen atoms in total. The van der Waals surface area contributed by atoms with Gasteiger partial charge in [-0.15, -0.1) is 6.42 Å². The van der Waals surface area contributed by atoms with Crippen LogP contribution >= 0.6 is 0 Å². The van der Waals surface area contributed by atoms with Crippen LogP contribution < -0.4 is 14.8 Å². The van der Waals surface area contributed by atoms with Crippen molar-refractivity contribution in [1.29, 1.82) is 0 Å². The number of aryl methyl sites for hydroxylation is 1. The first-order valence-corrected chi connectivity index (χ1v) is 9.66. The van der Waals surface area contributed by atoms with Crippen LogP contribution in [0.2, 0.25) is 0 Å². The fourth-order valence-corrected chi connectivity index (χ4v) is 2.69. The molecule has 9 heteroatoms. The minimum Gasteiger partial charge on any atom is -0.482 e. The number of aromatic nitrogens is 1. The number of pyridine rings is 1. The number of nitrogens with zero attached hydrogens (tertiary/aromatic N) is 1. The number of nitrogens with one attached hydrogen (secondary N) is 2. The molecule has 0 fully saturated rings. The predicted molar refractivity (Wildman–Crippen MR) is 99.1 cm³/mol. The quantitative estimate of drug-likeness (QED) is 0.699. The second kappa shape index (κ2) is 8.51. The fourth-order valence-electron chi connectivity index (χ4n) is 2.11. The molecular formula is C18H18FN3O4S. The summed E-state index contributed by atoms with van der Waals surface area (Å²) < 4.78 is 44.1. The lowest BCUT2D eigenvalue weighted by molar-refractivity contribution is -0.123. The molecule has 0 saturated carbocycles. The zero-order valence-electron chi connectivity index (χ0n) is 14.7. The van der Waals surface area contributed by atoms with Gasteiger partial charge in [0, 0.05) is 12.2 Å². The van der Waals surface area contributed by atoms with Crippen molar-refractivity contribution in [2.24, 2.45) is 0 Å². The van der Waals surface area contributed by atoms with E-state index in [1.165, 1.54) is 12.3 Å². The SMILES string of the molecule is C#Cc1cc(CNC(=O)COc2ccc(C)nc2)cc(F)c1NS(C)(=O)=O. The van der Waals surface area contributed by atoms with E-state index >= 15 is 0 Å². The Labute approximate surface area is 157 Å². The normalized spacial score (nSPS) is 10.7. The Balaban J connectivity index is 1.98. The lowest BCUT2D eigenvalue weighted by Gasteiger charge is -2.12. The highest BCUT2D eigenvalue weighted by atomic mass is 32.2. The van der Waals surface area contributed by atoms with Gasteiger partial charge in [-0.2, -0.15) is 0 Å². The van der Waals surface area contributed by atoms with Gasteiger partial charge in [0.05, 0.1) is 23.7 Å². The standard InChI is InChI=1S/C18H18FN3O4S/c1-4-14-7-13(8-16(19)18(14)22-27(3,24)25)9-21-17(23)11-26-15-6-5-12(2)20-10-15/h1,5-8,10,22H,9,11H2,2-3H3,(H,21,23). The Morgan fingerprint density at radius 1 is 1.37 bits per heavy atom. The summed E-state index contributed by atoms with van der Waals surface area (Å²) in [6, 6.07) is 5.96. The molecule has 1 amide bonds. The van der Waals surface area contributed by atoms with Crippen molar-refractivity contribution in [1.82, 2.24) is 10.3 Å². The van der Waals surface area contributed by atoms with E-state index in [1.807, 2.05) is 11.6 Å². The number of carbonyl (C=O) groups is 1. The highest BCUT2D eigenvalue weighted by molar-refractivity contribution is 7.92. The van der Waals surface area contributed by atoms with Crippen LogP contribution in [0.15, 0.2) is 30.5 Å². The highest BCUT2D eigenvalue weighted by Crippen LogP contribution is 2.22. The van der Waals surface area contributed by atoms with Crippen molar-refractivity contribution < 1.29 is 22.3 Å². The monoisotopic (exact) mass is 391 g/mol. The molecule has 1 heterocycles. The van der Waals surface area contributed by atoms with Gasteiger partial charge in [-0.25, -0.2) is 12.8 Å². The molecule has 0 unspecified atom stereocenters. The van der Waals surface area contributed by atoms with Crippen molar-refractivity contribution in [3.63, 3.8) is 0 Å². The van der Waals surface area contributed by atoms with Gasteiger partial charge in [0.15, 0.2) is 6.61 Å². The Bertz CT molecular complexity index is 983. The summed E-state index contributed by atoms with van der Waals surface area (Å²) in [5.74, 6) is 1.43. The Kier molecular flexibility index (Phi) is 6.36. The third-order valence-corrected chi connectivity index (χ3v) is 3.91. The van der Waals surface area contributed by atoms with Crippen molar-refractivity contribution in [2.75, 3.05) is 17.6 Å². The number of carbonyl (C=O) groups excluding carboxylic acids is 1. The number of terminal acetylenes is 1. The molecule has 1 aromatic carbocycles. The molecule has 0 aliphatic rings. The molecule has 1 aromatic heterocycles. The van der Waals surface area contributed by atoms with Gasteiger partial charge in [0.1, 0.15) is 11.6 Å². The molecule has 0 saturated heterocycles. The number of hydrogen-bond donors (Lipinski definition) is 2. The van der Waals surface area contributed by atoms with Gasteiger partial charge < -0.3 is 10.1 Å². The third-order valence-electron chi connectivity index (χ3n) is 3.34. The second-order valence-corrected chi connectivity index (χ2v) is 7.47. The maximum atomic E-state index is 14.2. The molecule has 142 valence electrons. The lowest BCUT2D eigenvalue weighted by atomic mass is 10.1. The molecule has 2 rings (SSSR count). The van der Waals surface area contributed by atoms with Crippen molar-refractivity contribution in [3.05, 3.63) is 53.1 Å². The van der Waals surface area contributed by atoms with Crippen LogP contribution in [0, 0.1) is 25.1 Å². The zero-order valence-corrected chi connectivity index (χ0v) is 15.6. The van der Waals surface area contributed by atoms with Gasteiger partial charge >= 0.3 is 0 Å². The largest absolute Gasteiger partial charge is 0.482 e. The molecule has 2 aromatic rings. The van der Waals surface area contributed by atoms with E-state index < -0.39 is 21.7 Å². The summed E-state index contributed by atoms with van der Waals surface area (Å²) in [5.41, 5.74) is 0.939. The van der Waals surface area contributed by atoms with Crippen LogP contribution in [-0.4, -0.2) is 32.2 Å². The molecule has 0 atom stereocenters. The van der Waals surface area contributed by atoms with E-state index in [2.05, 4.69) is 16.2 Å². The summed E-state index contributed by atoms with van der Waals surface area (Å²) >= 11 is 0. The summed E-state index contributed by atoms with van der Waals surface area (Å²) in [7, 11) is -3.68. The average Bonchev–Trinajstić information content (AvgIpc) is 2.60. The molecule has 27 heavy (non-hydrogen) atoms. The van der Waals surface area contributed by atoms with E-state index in [9.17, 15) is 17.6 Å². The summed E-state index contributed by atoms with van der Waals surface area (Å²) in [6.07, 6.45) is 7.72. The lowest BCUT2D eigenvalue weighted by Crippen LogP contribution is -2.28. The number of amides is 1. The van der Waals surface area contributed by atoms with Gasteiger partial charge in [0.2, 0.25) is 10.0 Å². The minimum absolute atomic E-state index is 0.000897. The van der Waals surface area contributed by atoms with E-state index in [0.29, 0.717) is 11.3 Å². The Morgan fingerprint density at radius 2 is 2.11 bits per heavy atom. The van der Waals surface area contributed by atoms with Crippen LogP contribution in [-0.2, 0) is 21.4 Å².